The first-order valence-electron chi connectivity index (χ1n) is 11.3. The molecule has 1 nitrogen and oxygen atoms in total. The van der Waals surface area contributed by atoms with Crippen molar-refractivity contribution in [2.45, 2.75) is 99.0 Å². The van der Waals surface area contributed by atoms with Gasteiger partial charge in [0.05, 0.1) is 10.6 Å². The van der Waals surface area contributed by atoms with E-state index in [0.29, 0.717) is 17.8 Å². The second-order valence-corrected chi connectivity index (χ2v) is 9.96. The number of rotatable bonds is 8. The molecule has 0 amide bonds. The standard InChI is InChI=1S/C27H39BrO/c1-10-21(11-2)29-24-13-12-19(9)25(27(24)28)26-22(17(5)6)14-20(16(3)4)15-23(26)18(7)8/h12-18,21H,10-11H2,1-9H3. The molecule has 0 aliphatic carbocycles. The normalized spacial score (nSPS) is 11.9. The van der Waals surface area contributed by atoms with Crippen molar-refractivity contribution < 1.29 is 4.74 Å². The summed E-state index contributed by atoms with van der Waals surface area (Å²) in [6, 6.07) is 9.18. The first-order valence-corrected chi connectivity index (χ1v) is 12.0. The van der Waals surface area contributed by atoms with E-state index in [0.717, 1.165) is 23.1 Å². The smallest absolute Gasteiger partial charge is 0.134 e. The highest BCUT2D eigenvalue weighted by atomic mass is 79.9. The fourth-order valence-electron chi connectivity index (χ4n) is 3.93. The average Bonchev–Trinajstić information content (AvgIpc) is 2.66. The van der Waals surface area contributed by atoms with Crippen LogP contribution >= 0.6 is 15.9 Å². The fraction of sp³-hybridized carbons (Fsp3) is 0.556. The molecule has 0 unspecified atom stereocenters. The Balaban J connectivity index is 2.82. The molecule has 160 valence electrons. The summed E-state index contributed by atoms with van der Waals surface area (Å²) in [4.78, 5) is 0. The molecule has 2 rings (SSSR count). The average molecular weight is 460 g/mol. The highest BCUT2D eigenvalue weighted by Gasteiger charge is 2.23. The van der Waals surface area contributed by atoms with E-state index in [-0.39, 0.29) is 6.10 Å². The molecule has 2 aromatic carbocycles. The van der Waals surface area contributed by atoms with Crippen LogP contribution in [0, 0.1) is 6.92 Å². The maximum Gasteiger partial charge on any atom is 0.134 e. The van der Waals surface area contributed by atoms with E-state index in [1.54, 1.807) is 0 Å². The van der Waals surface area contributed by atoms with Crippen LogP contribution in [0.15, 0.2) is 28.7 Å². The maximum atomic E-state index is 6.38. The number of aryl methyl sites for hydroxylation is 1. The third-order valence-electron chi connectivity index (χ3n) is 5.90. The summed E-state index contributed by atoms with van der Waals surface area (Å²) in [6.45, 7) is 20.4. The summed E-state index contributed by atoms with van der Waals surface area (Å²) < 4.78 is 7.46. The van der Waals surface area contributed by atoms with Gasteiger partial charge >= 0.3 is 0 Å². The zero-order valence-electron chi connectivity index (χ0n) is 19.8. The van der Waals surface area contributed by atoms with Crippen LogP contribution in [-0.2, 0) is 0 Å². The van der Waals surface area contributed by atoms with Gasteiger partial charge in [-0.2, -0.15) is 0 Å². The molecule has 0 bridgehead atoms. The molecule has 0 spiro atoms. The molecular weight excluding hydrogens is 420 g/mol. The summed E-state index contributed by atoms with van der Waals surface area (Å²) in [5, 5.41) is 0. The SMILES string of the molecule is CCC(CC)Oc1ccc(C)c(-c2c(C(C)C)cc(C(C)C)cc2C(C)C)c1Br. The summed E-state index contributed by atoms with van der Waals surface area (Å²) in [6.07, 6.45) is 2.28. The van der Waals surface area contributed by atoms with E-state index >= 15 is 0 Å². The summed E-state index contributed by atoms with van der Waals surface area (Å²) in [7, 11) is 0. The van der Waals surface area contributed by atoms with Crippen LogP contribution in [0.5, 0.6) is 5.75 Å². The van der Waals surface area contributed by atoms with Crippen molar-refractivity contribution in [1.29, 1.82) is 0 Å². The number of benzene rings is 2. The van der Waals surface area contributed by atoms with E-state index < -0.39 is 0 Å². The van der Waals surface area contributed by atoms with Crippen molar-refractivity contribution in [3.8, 4) is 16.9 Å². The maximum absolute atomic E-state index is 6.38. The van der Waals surface area contributed by atoms with E-state index in [9.17, 15) is 0 Å². The van der Waals surface area contributed by atoms with Gasteiger partial charge in [0.25, 0.3) is 0 Å². The van der Waals surface area contributed by atoms with Crippen molar-refractivity contribution in [3.05, 3.63) is 51.0 Å². The minimum absolute atomic E-state index is 0.249. The fourth-order valence-corrected chi connectivity index (χ4v) is 4.67. The van der Waals surface area contributed by atoms with Gasteiger partial charge < -0.3 is 4.74 Å². The molecule has 0 aliphatic rings. The Morgan fingerprint density at radius 3 is 1.72 bits per heavy atom. The molecular formula is C27H39BrO. The monoisotopic (exact) mass is 458 g/mol. The second kappa shape index (κ2) is 10.2. The Kier molecular flexibility index (Phi) is 8.40. The molecule has 0 radical (unpaired) electrons. The van der Waals surface area contributed by atoms with Crippen LogP contribution in [0.25, 0.3) is 11.1 Å². The molecule has 0 saturated carbocycles. The number of ether oxygens (including phenoxy) is 1. The van der Waals surface area contributed by atoms with E-state index in [1.165, 1.54) is 33.4 Å². The van der Waals surface area contributed by atoms with Gasteiger partial charge in [0.2, 0.25) is 0 Å². The predicted molar refractivity (Wildman–Crippen MR) is 132 cm³/mol. The van der Waals surface area contributed by atoms with Crippen LogP contribution in [-0.4, -0.2) is 6.10 Å². The van der Waals surface area contributed by atoms with Crippen LogP contribution in [0.1, 0.15) is 108 Å². The van der Waals surface area contributed by atoms with Gasteiger partial charge in [-0.15, -0.1) is 0 Å². The van der Waals surface area contributed by atoms with Crippen molar-refractivity contribution in [1.82, 2.24) is 0 Å². The predicted octanol–water partition coefficient (Wildman–Crippen LogP) is 9.36. The zero-order chi connectivity index (χ0) is 21.9. The van der Waals surface area contributed by atoms with E-state index in [4.69, 9.17) is 4.74 Å². The molecule has 0 aromatic heterocycles. The molecule has 0 saturated heterocycles. The highest BCUT2D eigenvalue weighted by Crippen LogP contribution is 2.45. The molecule has 0 heterocycles. The molecule has 0 aliphatic heterocycles. The second-order valence-electron chi connectivity index (χ2n) is 9.16. The van der Waals surface area contributed by atoms with Crippen LogP contribution in [0.2, 0.25) is 0 Å². The molecule has 29 heavy (non-hydrogen) atoms. The van der Waals surface area contributed by atoms with Gasteiger partial charge in [-0.3, -0.25) is 0 Å². The lowest BCUT2D eigenvalue weighted by atomic mass is 9.81. The summed E-state index contributed by atoms with van der Waals surface area (Å²) in [5.41, 5.74) is 8.26. The van der Waals surface area contributed by atoms with Crippen molar-refractivity contribution >= 4 is 15.9 Å². The molecule has 0 atom stereocenters. The van der Waals surface area contributed by atoms with Gasteiger partial charge in [-0.05, 0) is 87.3 Å². The van der Waals surface area contributed by atoms with Gasteiger partial charge in [-0.1, -0.05) is 73.6 Å². The number of halogens is 1. The van der Waals surface area contributed by atoms with E-state index in [2.05, 4.69) is 103 Å². The zero-order valence-corrected chi connectivity index (χ0v) is 21.4. The first kappa shape index (κ1) is 24.0. The molecule has 0 fully saturated rings. The van der Waals surface area contributed by atoms with Gasteiger partial charge in [0.1, 0.15) is 5.75 Å². The molecule has 0 N–H and O–H groups in total. The third-order valence-corrected chi connectivity index (χ3v) is 6.69. The lowest BCUT2D eigenvalue weighted by Gasteiger charge is -2.26. The quantitative estimate of drug-likeness (QED) is 0.382. The minimum atomic E-state index is 0.249. The number of hydrogen-bond acceptors (Lipinski definition) is 1. The highest BCUT2D eigenvalue weighted by molar-refractivity contribution is 9.10. The summed E-state index contributed by atoms with van der Waals surface area (Å²) >= 11 is 3.94. The molecule has 2 aromatic rings. The Morgan fingerprint density at radius 2 is 1.31 bits per heavy atom. The van der Waals surface area contributed by atoms with Crippen molar-refractivity contribution in [2.75, 3.05) is 0 Å². The summed E-state index contributed by atoms with van der Waals surface area (Å²) in [5.74, 6) is 2.39. The largest absolute Gasteiger partial charge is 0.489 e. The first-order chi connectivity index (χ1) is 13.6. The lowest BCUT2D eigenvalue weighted by molar-refractivity contribution is 0.191. The Hall–Kier alpha value is -1.28. The Morgan fingerprint density at radius 1 is 0.793 bits per heavy atom. The minimum Gasteiger partial charge on any atom is -0.489 e. The van der Waals surface area contributed by atoms with Gasteiger partial charge in [-0.25, -0.2) is 0 Å². The van der Waals surface area contributed by atoms with Crippen molar-refractivity contribution in [3.63, 3.8) is 0 Å². The van der Waals surface area contributed by atoms with Gasteiger partial charge in [0, 0.05) is 5.56 Å². The van der Waals surface area contributed by atoms with Crippen LogP contribution < -0.4 is 4.74 Å². The lowest BCUT2D eigenvalue weighted by Crippen LogP contribution is -2.14. The van der Waals surface area contributed by atoms with E-state index in [1.807, 2.05) is 0 Å². The van der Waals surface area contributed by atoms with Gasteiger partial charge in [0.15, 0.2) is 0 Å². The Bertz CT molecular complexity index is 800. The van der Waals surface area contributed by atoms with Crippen LogP contribution in [0.3, 0.4) is 0 Å². The third kappa shape index (κ3) is 5.26. The van der Waals surface area contributed by atoms with Crippen molar-refractivity contribution in [2.24, 2.45) is 0 Å². The molecule has 2 heteroatoms. The van der Waals surface area contributed by atoms with Crippen LogP contribution in [0.4, 0.5) is 0 Å². The topological polar surface area (TPSA) is 9.23 Å². The number of hydrogen-bond donors (Lipinski definition) is 0. The Labute approximate surface area is 187 Å².